The molecule has 0 radical (unpaired) electrons. The van der Waals surface area contributed by atoms with E-state index in [4.69, 9.17) is 10.2 Å². The Labute approximate surface area is 92.4 Å². The average Bonchev–Trinajstić information content (AvgIpc) is 1.82. The van der Waals surface area contributed by atoms with Crippen molar-refractivity contribution in [1.29, 1.82) is 0 Å². The molecular formula is C5H8CaO5. The van der Waals surface area contributed by atoms with Crippen molar-refractivity contribution in [2.75, 3.05) is 0 Å². The van der Waals surface area contributed by atoms with E-state index < -0.39 is 30.6 Å². The van der Waals surface area contributed by atoms with Gasteiger partial charge in [0.05, 0.1) is 6.42 Å². The maximum atomic E-state index is 10.2. The van der Waals surface area contributed by atoms with Crippen LogP contribution in [-0.2, 0) is 14.4 Å². The molecule has 5 nitrogen and oxygen atoms in total. The van der Waals surface area contributed by atoms with Gasteiger partial charge in [0.2, 0.25) is 5.78 Å². The molecule has 2 N–H and O–H groups in total. The molecule has 6 heteroatoms. The van der Waals surface area contributed by atoms with Crippen LogP contribution in [0.1, 0.15) is 12.8 Å². The quantitative estimate of drug-likeness (QED) is 0.417. The van der Waals surface area contributed by atoms with E-state index in [0.29, 0.717) is 0 Å². The molecule has 0 fully saturated rings. The topological polar surface area (TPSA) is 91.7 Å². The van der Waals surface area contributed by atoms with Gasteiger partial charge in [-0.15, -0.1) is 0 Å². The zero-order chi connectivity index (χ0) is 8.15. The van der Waals surface area contributed by atoms with Crippen LogP contribution in [0.2, 0.25) is 0 Å². The summed E-state index contributed by atoms with van der Waals surface area (Å²) in [7, 11) is 0. The number of ketones is 1. The van der Waals surface area contributed by atoms with Gasteiger partial charge in [0.1, 0.15) is 0 Å². The standard InChI is InChI=1S/C5H6O5.Ca.2H/c6-3(5(9)10)1-2-4(7)8;;;/h1-2H2,(H,7,8)(H,9,10);;;. The predicted octanol–water partition coefficient (Wildman–Crippen LogP) is -1.41. The number of carboxylic acids is 2. The molecule has 0 aromatic carbocycles. The van der Waals surface area contributed by atoms with Crippen molar-refractivity contribution in [2.24, 2.45) is 0 Å². The minimum atomic E-state index is -1.58. The molecule has 0 aliphatic rings. The summed E-state index contributed by atoms with van der Waals surface area (Å²) < 4.78 is 0. The Hall–Kier alpha value is -0.130. The van der Waals surface area contributed by atoms with Crippen LogP contribution in [-0.4, -0.2) is 65.7 Å². The van der Waals surface area contributed by atoms with E-state index >= 15 is 0 Å². The zero-order valence-electron chi connectivity index (χ0n) is 5.03. The second-order valence-corrected chi connectivity index (χ2v) is 1.62. The molecule has 11 heavy (non-hydrogen) atoms. The first-order valence-corrected chi connectivity index (χ1v) is 2.52. The molecule has 0 heterocycles. The summed E-state index contributed by atoms with van der Waals surface area (Å²) in [5.74, 6) is -3.82. The molecule has 0 aromatic heterocycles. The van der Waals surface area contributed by atoms with Crippen molar-refractivity contribution in [3.63, 3.8) is 0 Å². The molecular weight excluding hydrogens is 180 g/mol. The van der Waals surface area contributed by atoms with E-state index in [9.17, 15) is 14.4 Å². The van der Waals surface area contributed by atoms with Gasteiger partial charge in [-0.25, -0.2) is 4.79 Å². The fraction of sp³-hybridized carbons (Fsp3) is 0.400. The van der Waals surface area contributed by atoms with Crippen LogP contribution >= 0.6 is 0 Å². The summed E-state index contributed by atoms with van der Waals surface area (Å²) >= 11 is 0. The molecule has 0 spiro atoms. The Morgan fingerprint density at radius 2 is 1.45 bits per heavy atom. The van der Waals surface area contributed by atoms with Crippen LogP contribution in [0.15, 0.2) is 0 Å². The first-order chi connectivity index (χ1) is 4.54. The number of hydrogen-bond donors (Lipinski definition) is 2. The predicted molar refractivity (Wildman–Crippen MR) is 38.1 cm³/mol. The van der Waals surface area contributed by atoms with E-state index in [1.54, 1.807) is 0 Å². The Kier molecular flexibility index (Phi) is 8.04. The van der Waals surface area contributed by atoms with Crippen molar-refractivity contribution >= 4 is 55.5 Å². The fourth-order valence-corrected chi connectivity index (χ4v) is 0.327. The van der Waals surface area contributed by atoms with Gasteiger partial charge < -0.3 is 10.2 Å². The Morgan fingerprint density at radius 3 is 1.73 bits per heavy atom. The van der Waals surface area contributed by atoms with E-state index in [0.717, 1.165) is 0 Å². The van der Waals surface area contributed by atoms with E-state index in [2.05, 4.69) is 0 Å². The van der Waals surface area contributed by atoms with Crippen LogP contribution < -0.4 is 0 Å². The van der Waals surface area contributed by atoms with E-state index in [-0.39, 0.29) is 37.7 Å². The molecule has 0 unspecified atom stereocenters. The third-order valence-corrected chi connectivity index (χ3v) is 0.804. The van der Waals surface area contributed by atoms with E-state index in [1.807, 2.05) is 0 Å². The van der Waals surface area contributed by atoms with Gasteiger partial charge in [-0.1, -0.05) is 0 Å². The first-order valence-electron chi connectivity index (χ1n) is 2.52. The van der Waals surface area contributed by atoms with Gasteiger partial charge in [0, 0.05) is 6.42 Å². The summed E-state index contributed by atoms with van der Waals surface area (Å²) in [6.07, 6.45) is -0.865. The van der Waals surface area contributed by atoms with Crippen molar-refractivity contribution in [2.45, 2.75) is 12.8 Å². The average molecular weight is 188 g/mol. The van der Waals surface area contributed by atoms with Crippen molar-refractivity contribution in [3.05, 3.63) is 0 Å². The fourth-order valence-electron chi connectivity index (χ4n) is 0.327. The Morgan fingerprint density at radius 1 is 1.00 bits per heavy atom. The van der Waals surface area contributed by atoms with Crippen LogP contribution in [0.4, 0.5) is 0 Å². The van der Waals surface area contributed by atoms with E-state index in [1.165, 1.54) is 0 Å². The summed E-state index contributed by atoms with van der Waals surface area (Å²) in [6, 6.07) is 0. The monoisotopic (exact) mass is 188 g/mol. The Balaban J connectivity index is 0. The molecule has 0 amide bonds. The minimum absolute atomic E-state index is 0. The van der Waals surface area contributed by atoms with Crippen molar-refractivity contribution in [1.82, 2.24) is 0 Å². The summed E-state index contributed by atoms with van der Waals surface area (Å²) in [5, 5.41) is 16.0. The number of rotatable bonds is 4. The van der Waals surface area contributed by atoms with Gasteiger partial charge in [0.15, 0.2) is 0 Å². The second kappa shape index (κ2) is 6.57. The molecule has 60 valence electrons. The summed E-state index contributed by atoms with van der Waals surface area (Å²) in [4.78, 5) is 29.7. The molecule has 0 rings (SSSR count). The molecule has 0 bridgehead atoms. The number of Topliss-reactive ketones (excluding diaryl/α,β-unsaturated/α-hetero) is 1. The Bertz CT molecular complexity index is 176. The van der Waals surface area contributed by atoms with Gasteiger partial charge in [-0.3, -0.25) is 9.59 Å². The molecule has 0 aliphatic heterocycles. The summed E-state index contributed by atoms with van der Waals surface area (Å²) in [6.45, 7) is 0. The molecule has 0 saturated heterocycles. The number of carboxylic acid groups (broad SMARTS) is 2. The number of carbonyl (C=O) groups excluding carboxylic acids is 1. The van der Waals surface area contributed by atoms with Crippen LogP contribution in [0.3, 0.4) is 0 Å². The molecule has 0 atom stereocenters. The van der Waals surface area contributed by atoms with Gasteiger partial charge in [0.25, 0.3) is 0 Å². The normalized spacial score (nSPS) is 8.00. The summed E-state index contributed by atoms with van der Waals surface area (Å²) in [5.41, 5.74) is 0. The molecule has 0 saturated carbocycles. The maximum absolute atomic E-state index is 10.2. The van der Waals surface area contributed by atoms with Gasteiger partial charge in [-0.2, -0.15) is 0 Å². The van der Waals surface area contributed by atoms with Crippen molar-refractivity contribution in [3.8, 4) is 0 Å². The second-order valence-electron chi connectivity index (χ2n) is 1.62. The number of aliphatic carboxylic acids is 2. The zero-order valence-corrected chi connectivity index (χ0v) is 5.03. The van der Waals surface area contributed by atoms with Crippen LogP contribution in [0.25, 0.3) is 0 Å². The third-order valence-electron chi connectivity index (χ3n) is 0.804. The SMILES string of the molecule is O=C(O)CCC(=O)C(=O)O.[CaH2]. The number of carbonyl (C=O) groups is 3. The number of hydrogen-bond acceptors (Lipinski definition) is 3. The van der Waals surface area contributed by atoms with Crippen LogP contribution in [0, 0.1) is 0 Å². The van der Waals surface area contributed by atoms with Gasteiger partial charge in [-0.05, 0) is 0 Å². The third kappa shape index (κ3) is 7.77. The van der Waals surface area contributed by atoms with Gasteiger partial charge >= 0.3 is 49.7 Å². The molecule has 0 aliphatic carbocycles. The van der Waals surface area contributed by atoms with Crippen molar-refractivity contribution < 1.29 is 24.6 Å². The first kappa shape index (κ1) is 13.5. The molecule has 0 aromatic rings. The van der Waals surface area contributed by atoms with Crippen LogP contribution in [0.5, 0.6) is 0 Å².